The Morgan fingerprint density at radius 2 is 1.83 bits per heavy atom. The molecule has 7 nitrogen and oxygen atoms in total. The van der Waals surface area contributed by atoms with Crippen molar-refractivity contribution in [1.29, 1.82) is 0 Å². The topological polar surface area (TPSA) is 89.8 Å². The van der Waals surface area contributed by atoms with E-state index in [1.807, 2.05) is 27.7 Å². The summed E-state index contributed by atoms with van der Waals surface area (Å²) < 4.78 is 1.71. The molecule has 24 heavy (non-hydrogen) atoms. The van der Waals surface area contributed by atoms with E-state index < -0.39 is 0 Å². The predicted molar refractivity (Wildman–Crippen MR) is 93.2 cm³/mol. The number of hydrogen-bond acceptors (Lipinski definition) is 6. The van der Waals surface area contributed by atoms with Crippen LogP contribution in [-0.4, -0.2) is 37.1 Å². The molecule has 0 saturated carbocycles. The minimum Gasteiger partial charge on any atom is -0.326 e. The van der Waals surface area contributed by atoms with E-state index in [1.54, 1.807) is 28.9 Å². The van der Waals surface area contributed by atoms with Crippen LogP contribution in [0.1, 0.15) is 45.0 Å². The van der Waals surface area contributed by atoms with E-state index in [-0.39, 0.29) is 22.5 Å². The van der Waals surface area contributed by atoms with Crippen LogP contribution in [0.25, 0.3) is 0 Å². The molecule has 0 radical (unpaired) electrons. The Labute approximate surface area is 145 Å². The molecule has 2 aromatic rings. The molecule has 8 heteroatoms. The lowest BCUT2D eigenvalue weighted by Crippen LogP contribution is -2.25. The second kappa shape index (κ2) is 7.12. The molecule has 1 unspecified atom stereocenters. The predicted octanol–water partition coefficient (Wildman–Crippen LogP) is 2.75. The molecule has 1 aromatic heterocycles. The zero-order valence-electron chi connectivity index (χ0n) is 14.4. The van der Waals surface area contributed by atoms with Crippen molar-refractivity contribution in [3.05, 3.63) is 29.8 Å². The summed E-state index contributed by atoms with van der Waals surface area (Å²) in [7, 11) is 0. The summed E-state index contributed by atoms with van der Waals surface area (Å²) >= 11 is 1.33. The molecule has 1 N–H and O–H groups in total. The van der Waals surface area contributed by atoms with Gasteiger partial charge in [0.15, 0.2) is 5.78 Å². The number of thioether (sulfide) groups is 1. The van der Waals surface area contributed by atoms with Gasteiger partial charge in [-0.15, -0.1) is 5.10 Å². The third-order valence-electron chi connectivity index (χ3n) is 3.22. The van der Waals surface area contributed by atoms with Crippen molar-refractivity contribution in [2.75, 3.05) is 5.32 Å². The third kappa shape index (κ3) is 4.41. The molecule has 1 amide bonds. The van der Waals surface area contributed by atoms with Crippen LogP contribution in [0.15, 0.2) is 29.4 Å². The van der Waals surface area contributed by atoms with E-state index in [9.17, 15) is 9.59 Å². The highest BCUT2D eigenvalue weighted by atomic mass is 32.2. The lowest BCUT2D eigenvalue weighted by Gasteiger charge is -2.20. The summed E-state index contributed by atoms with van der Waals surface area (Å²) in [5.41, 5.74) is 0.990. The largest absolute Gasteiger partial charge is 0.326 e. The summed E-state index contributed by atoms with van der Waals surface area (Å²) in [6, 6.07) is 6.84. The van der Waals surface area contributed by atoms with Crippen LogP contribution in [0, 0.1) is 0 Å². The number of rotatable bonds is 5. The lowest BCUT2D eigenvalue weighted by molar-refractivity contribution is -0.114. The summed E-state index contributed by atoms with van der Waals surface area (Å²) in [4.78, 5) is 23.6. The second-order valence-corrected chi connectivity index (χ2v) is 7.73. The number of tetrazole rings is 1. The van der Waals surface area contributed by atoms with Gasteiger partial charge in [0.1, 0.15) is 0 Å². The number of hydrogen-bond donors (Lipinski definition) is 1. The normalized spacial score (nSPS) is 12.7. The number of nitrogens with zero attached hydrogens (tertiary/aromatic N) is 4. The molecular formula is C16H21N5O2S. The molecule has 0 fully saturated rings. The monoisotopic (exact) mass is 347 g/mol. The number of carbonyl (C=O) groups is 2. The first-order valence-electron chi connectivity index (χ1n) is 7.56. The smallest absolute Gasteiger partial charge is 0.221 e. The Kier molecular flexibility index (Phi) is 5.38. The number of ketones is 1. The number of amides is 1. The highest BCUT2D eigenvalue weighted by molar-refractivity contribution is 8.00. The van der Waals surface area contributed by atoms with Crippen molar-refractivity contribution in [1.82, 2.24) is 20.2 Å². The van der Waals surface area contributed by atoms with Crippen LogP contribution < -0.4 is 5.32 Å². The zero-order chi connectivity index (χ0) is 17.9. The average molecular weight is 347 g/mol. The molecule has 1 heterocycles. The fourth-order valence-electron chi connectivity index (χ4n) is 2.04. The maximum Gasteiger partial charge on any atom is 0.221 e. The molecule has 0 bridgehead atoms. The average Bonchev–Trinajstić information content (AvgIpc) is 2.95. The Bertz CT molecular complexity index is 734. The number of benzene rings is 1. The van der Waals surface area contributed by atoms with Gasteiger partial charge in [0.25, 0.3) is 0 Å². The highest BCUT2D eigenvalue weighted by Gasteiger charge is 2.24. The number of anilines is 1. The van der Waals surface area contributed by atoms with Gasteiger partial charge in [-0.3, -0.25) is 9.59 Å². The summed E-state index contributed by atoms with van der Waals surface area (Å²) in [6.45, 7) is 9.27. The summed E-state index contributed by atoms with van der Waals surface area (Å²) in [6.07, 6.45) is 0. The van der Waals surface area contributed by atoms with Crippen molar-refractivity contribution >= 4 is 29.1 Å². The van der Waals surface area contributed by atoms with E-state index in [1.165, 1.54) is 18.7 Å². The van der Waals surface area contributed by atoms with Gasteiger partial charge in [-0.1, -0.05) is 11.8 Å². The third-order valence-corrected chi connectivity index (χ3v) is 4.25. The molecule has 0 aliphatic carbocycles. The maximum atomic E-state index is 12.6. The first-order valence-corrected chi connectivity index (χ1v) is 8.44. The van der Waals surface area contributed by atoms with E-state index in [0.29, 0.717) is 16.4 Å². The van der Waals surface area contributed by atoms with Crippen LogP contribution in [0.4, 0.5) is 5.69 Å². The van der Waals surface area contributed by atoms with Crippen molar-refractivity contribution in [2.24, 2.45) is 0 Å². The van der Waals surface area contributed by atoms with Gasteiger partial charge in [-0.05, 0) is 62.4 Å². The SMILES string of the molecule is CC(=O)Nc1ccc(C(=O)C(C)Sc2nnnn2C(C)(C)C)cc1. The molecule has 0 aliphatic rings. The molecule has 1 aromatic carbocycles. The number of Topliss-reactive ketones (excluding diaryl/α,β-unsaturated/α-hetero) is 1. The Balaban J connectivity index is 2.10. The van der Waals surface area contributed by atoms with Crippen LogP contribution in [0.2, 0.25) is 0 Å². The molecule has 0 spiro atoms. The molecule has 1 atom stereocenters. The van der Waals surface area contributed by atoms with Crippen molar-refractivity contribution in [3.8, 4) is 0 Å². The number of nitrogens with one attached hydrogen (secondary N) is 1. The molecule has 2 rings (SSSR count). The van der Waals surface area contributed by atoms with Gasteiger partial charge < -0.3 is 5.32 Å². The van der Waals surface area contributed by atoms with Gasteiger partial charge in [0.2, 0.25) is 11.1 Å². The molecule has 0 saturated heterocycles. The van der Waals surface area contributed by atoms with Gasteiger partial charge in [-0.2, -0.15) is 0 Å². The van der Waals surface area contributed by atoms with Gasteiger partial charge in [0.05, 0.1) is 10.8 Å². The Morgan fingerprint density at radius 1 is 1.21 bits per heavy atom. The maximum absolute atomic E-state index is 12.6. The van der Waals surface area contributed by atoms with Gasteiger partial charge in [-0.25, -0.2) is 4.68 Å². The quantitative estimate of drug-likeness (QED) is 0.661. The van der Waals surface area contributed by atoms with Gasteiger partial charge >= 0.3 is 0 Å². The van der Waals surface area contributed by atoms with E-state index in [4.69, 9.17) is 0 Å². The van der Waals surface area contributed by atoms with Crippen LogP contribution in [0.3, 0.4) is 0 Å². The van der Waals surface area contributed by atoms with Crippen molar-refractivity contribution in [2.45, 2.75) is 50.6 Å². The van der Waals surface area contributed by atoms with Crippen LogP contribution in [-0.2, 0) is 10.3 Å². The Morgan fingerprint density at radius 3 is 2.38 bits per heavy atom. The first kappa shape index (κ1) is 18.1. The lowest BCUT2D eigenvalue weighted by atomic mass is 10.1. The number of carbonyl (C=O) groups excluding carboxylic acids is 2. The summed E-state index contributed by atoms with van der Waals surface area (Å²) in [5.74, 6) is -0.162. The minimum absolute atomic E-state index is 0.0159. The van der Waals surface area contributed by atoms with E-state index in [2.05, 4.69) is 20.8 Å². The summed E-state index contributed by atoms with van der Waals surface area (Å²) in [5, 5.41) is 14.7. The minimum atomic E-state index is -0.330. The molecule has 128 valence electrons. The van der Waals surface area contributed by atoms with Crippen LogP contribution in [0.5, 0.6) is 0 Å². The fraction of sp³-hybridized carbons (Fsp3) is 0.438. The molecular weight excluding hydrogens is 326 g/mol. The second-order valence-electron chi connectivity index (χ2n) is 6.43. The highest BCUT2D eigenvalue weighted by Crippen LogP contribution is 2.27. The fourth-order valence-corrected chi connectivity index (χ4v) is 3.09. The van der Waals surface area contributed by atoms with E-state index in [0.717, 1.165) is 0 Å². The standard InChI is InChI=1S/C16H21N5O2S/c1-10(24-15-18-19-20-21(15)16(3,4)5)14(23)12-6-8-13(9-7-12)17-11(2)22/h6-10H,1-5H3,(H,17,22). The number of aromatic nitrogens is 4. The van der Waals surface area contributed by atoms with Crippen LogP contribution >= 0.6 is 11.8 Å². The molecule has 0 aliphatic heterocycles. The first-order chi connectivity index (χ1) is 11.2. The Hall–Kier alpha value is -2.22. The van der Waals surface area contributed by atoms with Gasteiger partial charge in [0, 0.05) is 18.2 Å². The van der Waals surface area contributed by atoms with Crippen molar-refractivity contribution < 1.29 is 9.59 Å². The zero-order valence-corrected chi connectivity index (χ0v) is 15.2. The van der Waals surface area contributed by atoms with E-state index >= 15 is 0 Å². The van der Waals surface area contributed by atoms with Crippen molar-refractivity contribution in [3.63, 3.8) is 0 Å².